The first kappa shape index (κ1) is 16.5. The number of hydrogen-bond donors (Lipinski definition) is 1. The molecule has 0 heterocycles. The van der Waals surface area contributed by atoms with E-state index in [9.17, 15) is 13.2 Å². The molecule has 0 spiro atoms. The Hall–Kier alpha value is -1.60. The van der Waals surface area contributed by atoms with Crippen molar-refractivity contribution in [3.8, 4) is 0 Å². The summed E-state index contributed by atoms with van der Waals surface area (Å²) in [7, 11) is -2.08. The van der Waals surface area contributed by atoms with Gasteiger partial charge in [0.25, 0.3) is 0 Å². The summed E-state index contributed by atoms with van der Waals surface area (Å²) in [5, 5.41) is 2.47. The van der Waals surface area contributed by atoms with E-state index in [-0.39, 0.29) is 19.6 Å². The number of carbonyl (C=O) groups is 1. The van der Waals surface area contributed by atoms with Gasteiger partial charge in [-0.1, -0.05) is 24.3 Å². The number of amides is 1. The van der Waals surface area contributed by atoms with Crippen LogP contribution in [0.25, 0.3) is 0 Å². The Labute approximate surface area is 119 Å². The van der Waals surface area contributed by atoms with Crippen LogP contribution in [0.4, 0.5) is 4.79 Å². The summed E-state index contributed by atoms with van der Waals surface area (Å²) in [6.45, 7) is 2.62. The number of rotatable bonds is 6. The number of aryl methyl sites for hydroxylation is 1. The van der Waals surface area contributed by atoms with Crippen LogP contribution < -0.4 is 5.32 Å². The molecule has 6 nitrogen and oxygen atoms in total. The summed E-state index contributed by atoms with van der Waals surface area (Å²) in [4.78, 5) is 11.0. The molecule has 0 aromatic heterocycles. The molecule has 1 aromatic carbocycles. The van der Waals surface area contributed by atoms with Gasteiger partial charge in [0.15, 0.2) is 0 Å². The van der Waals surface area contributed by atoms with Crippen LogP contribution in [0.1, 0.15) is 11.1 Å². The maximum atomic E-state index is 11.8. The van der Waals surface area contributed by atoms with Gasteiger partial charge in [-0.15, -0.1) is 0 Å². The quantitative estimate of drug-likeness (QED) is 0.854. The summed E-state index contributed by atoms with van der Waals surface area (Å²) in [5.41, 5.74) is 1.97. The lowest BCUT2D eigenvalue weighted by Crippen LogP contribution is -2.37. The van der Waals surface area contributed by atoms with E-state index >= 15 is 0 Å². The van der Waals surface area contributed by atoms with Crippen molar-refractivity contribution in [3.05, 3.63) is 35.4 Å². The summed E-state index contributed by atoms with van der Waals surface area (Å²) in [6, 6.07) is 7.60. The van der Waals surface area contributed by atoms with Crippen LogP contribution in [-0.4, -0.2) is 45.3 Å². The van der Waals surface area contributed by atoms with Gasteiger partial charge in [0, 0.05) is 19.6 Å². The highest BCUT2D eigenvalue weighted by molar-refractivity contribution is 7.88. The summed E-state index contributed by atoms with van der Waals surface area (Å²) < 4.78 is 29.3. The van der Waals surface area contributed by atoms with Gasteiger partial charge in [0.1, 0.15) is 0 Å². The van der Waals surface area contributed by atoms with Crippen LogP contribution >= 0.6 is 0 Å². The molecule has 20 heavy (non-hydrogen) atoms. The molecule has 1 rings (SSSR count). The fraction of sp³-hybridized carbons (Fsp3) is 0.462. The molecule has 0 atom stereocenters. The Bertz CT molecular complexity index is 557. The van der Waals surface area contributed by atoms with Crippen LogP contribution in [0.2, 0.25) is 0 Å². The Morgan fingerprint density at radius 2 is 2.00 bits per heavy atom. The number of alkyl carbamates (subject to hydrolysis) is 1. The molecule has 0 fully saturated rings. The van der Waals surface area contributed by atoms with Gasteiger partial charge >= 0.3 is 6.09 Å². The van der Waals surface area contributed by atoms with E-state index in [0.29, 0.717) is 0 Å². The normalized spacial score (nSPS) is 11.4. The molecular weight excluding hydrogens is 280 g/mol. The first-order chi connectivity index (χ1) is 9.34. The maximum Gasteiger partial charge on any atom is 0.406 e. The maximum absolute atomic E-state index is 11.8. The van der Waals surface area contributed by atoms with Gasteiger partial charge in [-0.3, -0.25) is 0 Å². The molecule has 112 valence electrons. The molecule has 0 aliphatic heterocycles. The highest BCUT2D eigenvalue weighted by atomic mass is 32.2. The van der Waals surface area contributed by atoms with E-state index < -0.39 is 16.1 Å². The van der Waals surface area contributed by atoms with E-state index in [1.165, 1.54) is 11.4 Å². The number of benzene rings is 1. The Morgan fingerprint density at radius 3 is 2.55 bits per heavy atom. The largest absolute Gasteiger partial charge is 0.453 e. The summed E-state index contributed by atoms with van der Waals surface area (Å²) >= 11 is 0. The Balaban J connectivity index is 2.72. The average molecular weight is 300 g/mol. The SMILES string of the molecule is COC(=O)NCCN(Cc1ccccc1C)S(C)(=O)=O. The predicted molar refractivity (Wildman–Crippen MR) is 76.8 cm³/mol. The fourth-order valence-corrected chi connectivity index (χ4v) is 2.49. The minimum Gasteiger partial charge on any atom is -0.453 e. The van der Waals surface area contributed by atoms with Gasteiger partial charge in [-0.05, 0) is 18.1 Å². The molecule has 1 N–H and O–H groups in total. The molecular formula is C13H20N2O4S. The zero-order valence-electron chi connectivity index (χ0n) is 11.9. The van der Waals surface area contributed by atoms with Crippen molar-refractivity contribution < 1.29 is 17.9 Å². The second-order valence-corrected chi connectivity index (χ2v) is 6.42. The lowest BCUT2D eigenvalue weighted by atomic mass is 10.1. The lowest BCUT2D eigenvalue weighted by molar-refractivity contribution is 0.170. The van der Waals surface area contributed by atoms with E-state index in [1.54, 1.807) is 0 Å². The highest BCUT2D eigenvalue weighted by Gasteiger charge is 2.17. The number of nitrogens with zero attached hydrogens (tertiary/aromatic N) is 1. The second-order valence-electron chi connectivity index (χ2n) is 4.44. The molecule has 0 bridgehead atoms. The van der Waals surface area contributed by atoms with Crippen molar-refractivity contribution in [1.29, 1.82) is 0 Å². The number of carbonyl (C=O) groups excluding carboxylic acids is 1. The van der Waals surface area contributed by atoms with Gasteiger partial charge in [-0.2, -0.15) is 4.31 Å². The van der Waals surface area contributed by atoms with Gasteiger partial charge in [0.2, 0.25) is 10.0 Å². The molecule has 1 amide bonds. The van der Waals surface area contributed by atoms with E-state index in [0.717, 1.165) is 17.4 Å². The first-order valence-corrected chi connectivity index (χ1v) is 8.01. The molecule has 0 saturated carbocycles. The summed E-state index contributed by atoms with van der Waals surface area (Å²) in [6.07, 6.45) is 0.581. The van der Waals surface area contributed by atoms with Crippen molar-refractivity contribution in [3.63, 3.8) is 0 Å². The Kier molecular flexibility index (Phi) is 5.97. The zero-order valence-corrected chi connectivity index (χ0v) is 12.7. The minimum atomic E-state index is -3.34. The van der Waals surface area contributed by atoms with Crippen molar-refractivity contribution in [2.45, 2.75) is 13.5 Å². The zero-order chi connectivity index (χ0) is 15.2. The molecule has 0 unspecified atom stereocenters. The van der Waals surface area contributed by atoms with Gasteiger partial charge in [0.05, 0.1) is 13.4 Å². The van der Waals surface area contributed by atoms with Crippen LogP contribution in [0.3, 0.4) is 0 Å². The van der Waals surface area contributed by atoms with E-state index in [4.69, 9.17) is 0 Å². The molecule has 0 saturated heterocycles. The standard InChI is InChI=1S/C13H20N2O4S/c1-11-6-4-5-7-12(11)10-15(20(3,17)18)9-8-14-13(16)19-2/h4-7H,8-10H2,1-3H3,(H,14,16). The number of hydrogen-bond acceptors (Lipinski definition) is 4. The Morgan fingerprint density at radius 1 is 1.35 bits per heavy atom. The highest BCUT2D eigenvalue weighted by Crippen LogP contribution is 2.12. The molecule has 0 radical (unpaired) electrons. The van der Waals surface area contributed by atoms with Crippen molar-refractivity contribution in [2.75, 3.05) is 26.5 Å². The van der Waals surface area contributed by atoms with Crippen LogP contribution in [0.15, 0.2) is 24.3 Å². The van der Waals surface area contributed by atoms with Crippen LogP contribution in [0.5, 0.6) is 0 Å². The van der Waals surface area contributed by atoms with Crippen molar-refractivity contribution in [1.82, 2.24) is 9.62 Å². The summed E-state index contributed by atoms with van der Waals surface area (Å²) in [5.74, 6) is 0. The lowest BCUT2D eigenvalue weighted by Gasteiger charge is -2.21. The van der Waals surface area contributed by atoms with Crippen LogP contribution in [0, 0.1) is 6.92 Å². The number of methoxy groups -OCH3 is 1. The third-order valence-electron chi connectivity index (χ3n) is 2.89. The van der Waals surface area contributed by atoms with Gasteiger partial charge in [-0.25, -0.2) is 13.2 Å². The second kappa shape index (κ2) is 7.25. The van der Waals surface area contributed by atoms with Gasteiger partial charge < -0.3 is 10.1 Å². The number of sulfonamides is 1. The van der Waals surface area contributed by atoms with Crippen molar-refractivity contribution >= 4 is 16.1 Å². The number of nitrogens with one attached hydrogen (secondary N) is 1. The van der Waals surface area contributed by atoms with E-state index in [1.807, 2.05) is 31.2 Å². The minimum absolute atomic E-state index is 0.197. The molecule has 7 heteroatoms. The fourth-order valence-electron chi connectivity index (χ4n) is 1.69. The molecule has 0 aliphatic rings. The van der Waals surface area contributed by atoms with Crippen LogP contribution in [-0.2, 0) is 21.3 Å². The third kappa shape index (κ3) is 5.18. The third-order valence-corrected chi connectivity index (χ3v) is 4.14. The van der Waals surface area contributed by atoms with E-state index in [2.05, 4.69) is 10.1 Å². The predicted octanol–water partition coefficient (Wildman–Crippen LogP) is 1.11. The molecule has 0 aliphatic carbocycles. The average Bonchev–Trinajstić information content (AvgIpc) is 2.38. The smallest absolute Gasteiger partial charge is 0.406 e. The first-order valence-electron chi connectivity index (χ1n) is 6.16. The topological polar surface area (TPSA) is 75.7 Å². The molecule has 1 aromatic rings. The monoisotopic (exact) mass is 300 g/mol. The number of ether oxygens (including phenoxy) is 1. The van der Waals surface area contributed by atoms with Crippen molar-refractivity contribution in [2.24, 2.45) is 0 Å².